The molecular formula is C16H21ClInNO3. The van der Waals surface area contributed by atoms with E-state index in [0.717, 1.165) is 22.7 Å². The molecule has 3 rings (SSSR count). The van der Waals surface area contributed by atoms with E-state index in [1.54, 1.807) is 0 Å². The van der Waals surface area contributed by atoms with Gasteiger partial charge in [0.25, 0.3) is 0 Å². The number of halogens is 1. The molecule has 6 heteroatoms. The molecular weight excluding hydrogens is 404 g/mol. The minimum atomic E-state index is -2.61. The van der Waals surface area contributed by atoms with Gasteiger partial charge >= 0.3 is 144 Å². The summed E-state index contributed by atoms with van der Waals surface area (Å²) in [5.74, 6) is 0. The Morgan fingerprint density at radius 1 is 1.45 bits per heavy atom. The van der Waals surface area contributed by atoms with E-state index in [2.05, 4.69) is 4.98 Å². The van der Waals surface area contributed by atoms with Crippen LogP contribution >= 0.6 is 11.6 Å². The Balaban J connectivity index is 1.92. The molecule has 1 fully saturated rings. The Labute approximate surface area is 144 Å². The minimum absolute atomic E-state index is 0.0791. The van der Waals surface area contributed by atoms with Crippen LogP contribution in [0.3, 0.4) is 0 Å². The molecule has 4 nitrogen and oxygen atoms in total. The summed E-state index contributed by atoms with van der Waals surface area (Å²) in [5.41, 5.74) is 1.67. The van der Waals surface area contributed by atoms with Crippen molar-refractivity contribution in [1.82, 2.24) is 4.98 Å². The van der Waals surface area contributed by atoms with Crippen molar-refractivity contribution < 1.29 is 14.3 Å². The molecule has 0 unspecified atom stereocenters. The van der Waals surface area contributed by atoms with Crippen LogP contribution in [0.4, 0.5) is 4.79 Å². The summed E-state index contributed by atoms with van der Waals surface area (Å²) in [4.78, 5) is 17.1. The number of fused-ring (bicyclic) bond motifs is 3. The first kappa shape index (κ1) is 16.6. The monoisotopic (exact) mass is 425 g/mol. The first-order chi connectivity index (χ1) is 10.3. The molecule has 0 N–H and O–H groups in total. The Bertz CT molecular complexity index is 587. The van der Waals surface area contributed by atoms with Gasteiger partial charge in [-0.3, -0.25) is 0 Å². The normalized spacial score (nSPS) is 24.5. The number of hydrogen-bond donors (Lipinski definition) is 0. The molecule has 0 aliphatic carbocycles. The molecule has 2 atom stereocenters. The van der Waals surface area contributed by atoms with Crippen LogP contribution in [0.1, 0.15) is 48.5 Å². The van der Waals surface area contributed by atoms with Crippen molar-refractivity contribution in [2.24, 2.45) is 0 Å². The standard InChI is InChI=1S/C11H12ClNO.C5H9O2.In/c1-2-3-9-6-8-4-5-11(12)13-10(8)7-14-9;1-5(2,3)7-4-6;/h4-6,9H,1-3,7H2;1-3H3;/t9-;;/m0../s1. The summed E-state index contributed by atoms with van der Waals surface area (Å²) in [6.45, 7) is 6.31. The predicted octanol–water partition coefficient (Wildman–Crippen LogP) is 4.06. The van der Waals surface area contributed by atoms with Gasteiger partial charge in [0.2, 0.25) is 0 Å². The SMILES string of the molecule is CC(C)(C)O[C](=O)[In]1[CH2]CC[C@@H]2OCc3nc(Cl)ccc3[C@@H]21. The van der Waals surface area contributed by atoms with Crippen LogP contribution in [0.15, 0.2) is 12.1 Å². The van der Waals surface area contributed by atoms with E-state index < -0.39 is 27.0 Å². The predicted molar refractivity (Wildman–Crippen MR) is 86.6 cm³/mol. The fourth-order valence-electron chi connectivity index (χ4n) is 3.49. The van der Waals surface area contributed by atoms with Gasteiger partial charge in [-0.1, -0.05) is 0 Å². The third-order valence-electron chi connectivity index (χ3n) is 4.32. The molecule has 1 aromatic heterocycles. The first-order valence-corrected chi connectivity index (χ1v) is 14.1. The van der Waals surface area contributed by atoms with Gasteiger partial charge in [0, 0.05) is 0 Å². The van der Waals surface area contributed by atoms with Crippen molar-refractivity contribution in [3.63, 3.8) is 0 Å². The molecule has 2 aliphatic heterocycles. The molecule has 0 radical (unpaired) electrons. The molecule has 0 spiro atoms. The number of carbonyl (C=O) groups excluding carboxylic acids is 1. The number of rotatable bonds is 1. The van der Waals surface area contributed by atoms with Gasteiger partial charge in [-0.2, -0.15) is 0 Å². The van der Waals surface area contributed by atoms with Crippen LogP contribution in [-0.4, -0.2) is 41.9 Å². The van der Waals surface area contributed by atoms with Gasteiger partial charge in [-0.25, -0.2) is 0 Å². The van der Waals surface area contributed by atoms with Gasteiger partial charge in [-0.05, 0) is 0 Å². The summed E-state index contributed by atoms with van der Waals surface area (Å²) in [7, 11) is 0. The Hall–Kier alpha value is -0.260. The molecule has 118 valence electrons. The molecule has 2 aliphatic rings. The number of pyridine rings is 1. The van der Waals surface area contributed by atoms with E-state index in [1.165, 1.54) is 5.56 Å². The zero-order valence-corrected chi connectivity index (χ0v) is 17.3. The second kappa shape index (κ2) is 6.33. The van der Waals surface area contributed by atoms with Gasteiger partial charge in [0.1, 0.15) is 0 Å². The van der Waals surface area contributed by atoms with Crippen LogP contribution in [0.25, 0.3) is 0 Å². The zero-order valence-electron chi connectivity index (χ0n) is 13.3. The second-order valence-corrected chi connectivity index (χ2v) is 16.0. The Morgan fingerprint density at radius 2 is 2.23 bits per heavy atom. The molecule has 1 saturated heterocycles. The van der Waals surface area contributed by atoms with E-state index in [9.17, 15) is 4.79 Å². The van der Waals surface area contributed by atoms with E-state index in [4.69, 9.17) is 21.1 Å². The number of ether oxygens (including phenoxy) is 2. The van der Waals surface area contributed by atoms with E-state index in [-0.39, 0.29) is 13.5 Å². The molecule has 0 aromatic carbocycles. The van der Waals surface area contributed by atoms with E-state index >= 15 is 0 Å². The summed E-state index contributed by atoms with van der Waals surface area (Å²) in [6, 6.07) is 3.87. The fraction of sp³-hybridized carbons (Fsp3) is 0.625. The number of aromatic nitrogens is 1. The van der Waals surface area contributed by atoms with Crippen molar-refractivity contribution in [3.8, 4) is 0 Å². The molecule has 0 amide bonds. The first-order valence-electron chi connectivity index (χ1n) is 7.85. The van der Waals surface area contributed by atoms with E-state index in [0.29, 0.717) is 11.8 Å². The molecule has 0 bridgehead atoms. The molecule has 22 heavy (non-hydrogen) atoms. The van der Waals surface area contributed by atoms with Crippen LogP contribution in [0.2, 0.25) is 9.33 Å². The van der Waals surface area contributed by atoms with Crippen LogP contribution in [0, 0.1) is 0 Å². The maximum atomic E-state index is 12.7. The van der Waals surface area contributed by atoms with Crippen molar-refractivity contribution in [1.29, 1.82) is 0 Å². The van der Waals surface area contributed by atoms with Gasteiger partial charge < -0.3 is 0 Å². The van der Waals surface area contributed by atoms with Crippen molar-refractivity contribution in [3.05, 3.63) is 28.5 Å². The topological polar surface area (TPSA) is 48.4 Å². The van der Waals surface area contributed by atoms with Gasteiger partial charge in [0.05, 0.1) is 0 Å². The zero-order chi connectivity index (χ0) is 15.9. The number of carbonyl (C=O) groups is 1. The summed E-state index contributed by atoms with van der Waals surface area (Å²) in [6.07, 6.45) is 2.28. The third kappa shape index (κ3) is 3.46. The number of nitrogens with zero attached hydrogens (tertiary/aromatic N) is 1. The van der Waals surface area contributed by atoms with Crippen LogP contribution in [-0.2, 0) is 16.1 Å². The van der Waals surface area contributed by atoms with Gasteiger partial charge in [0.15, 0.2) is 0 Å². The third-order valence-corrected chi connectivity index (χ3v) is 14.3. The molecule has 1 aromatic rings. The fourth-order valence-corrected chi connectivity index (χ4v) is 14.0. The summed E-state index contributed by atoms with van der Waals surface area (Å²) in [5, 5.41) is 0.487. The van der Waals surface area contributed by atoms with Crippen LogP contribution < -0.4 is 0 Å². The summed E-state index contributed by atoms with van der Waals surface area (Å²) < 4.78 is 13.1. The quantitative estimate of drug-likeness (QED) is 0.637. The molecule has 3 heterocycles. The second-order valence-electron chi connectivity index (χ2n) is 7.12. The van der Waals surface area contributed by atoms with E-state index in [1.807, 2.05) is 32.9 Å². The number of hydrogen-bond acceptors (Lipinski definition) is 4. The maximum absolute atomic E-state index is 12.7. The van der Waals surface area contributed by atoms with Gasteiger partial charge in [-0.15, -0.1) is 0 Å². The average Bonchev–Trinajstić information content (AvgIpc) is 2.44. The summed E-state index contributed by atoms with van der Waals surface area (Å²) >= 11 is 3.39. The van der Waals surface area contributed by atoms with Crippen molar-refractivity contribution >= 4 is 36.8 Å². The van der Waals surface area contributed by atoms with Crippen molar-refractivity contribution in [2.75, 3.05) is 0 Å². The molecule has 0 saturated carbocycles. The van der Waals surface area contributed by atoms with Crippen molar-refractivity contribution in [2.45, 2.75) is 59.8 Å². The van der Waals surface area contributed by atoms with Crippen LogP contribution in [0.5, 0.6) is 0 Å². The average molecular weight is 426 g/mol. The Morgan fingerprint density at radius 3 is 2.95 bits per heavy atom. The Kier molecular flexibility index (Phi) is 4.77.